The molecule has 0 saturated carbocycles. The summed E-state index contributed by atoms with van der Waals surface area (Å²) in [6, 6.07) is 16.0. The zero-order valence-corrected chi connectivity index (χ0v) is 12.1. The SMILES string of the molecule is CC1CN(C(C)c2ccco2)C(c2ccccc2)CN1. The van der Waals surface area contributed by atoms with Gasteiger partial charge in [0.15, 0.2) is 0 Å². The molecule has 3 unspecified atom stereocenters. The third-order valence-corrected chi connectivity index (χ3v) is 4.18. The lowest BCUT2D eigenvalue weighted by atomic mass is 9.99. The van der Waals surface area contributed by atoms with Crippen LogP contribution in [-0.2, 0) is 0 Å². The van der Waals surface area contributed by atoms with Gasteiger partial charge in [0.2, 0.25) is 0 Å². The molecule has 1 aromatic carbocycles. The Labute approximate surface area is 120 Å². The number of rotatable bonds is 3. The molecule has 0 spiro atoms. The largest absolute Gasteiger partial charge is 0.468 e. The van der Waals surface area contributed by atoms with Gasteiger partial charge in [-0.15, -0.1) is 0 Å². The number of nitrogens with zero attached hydrogens (tertiary/aromatic N) is 1. The molecule has 0 radical (unpaired) electrons. The molecule has 20 heavy (non-hydrogen) atoms. The Morgan fingerprint density at radius 1 is 1.20 bits per heavy atom. The van der Waals surface area contributed by atoms with Crippen LogP contribution in [0.2, 0.25) is 0 Å². The van der Waals surface area contributed by atoms with Gasteiger partial charge >= 0.3 is 0 Å². The van der Waals surface area contributed by atoms with Crippen LogP contribution in [0.5, 0.6) is 0 Å². The Morgan fingerprint density at radius 2 is 2.00 bits per heavy atom. The number of hydrogen-bond donors (Lipinski definition) is 1. The highest BCUT2D eigenvalue weighted by molar-refractivity contribution is 5.21. The van der Waals surface area contributed by atoms with E-state index in [0.717, 1.165) is 18.8 Å². The van der Waals surface area contributed by atoms with Gasteiger partial charge in [0, 0.05) is 25.2 Å². The van der Waals surface area contributed by atoms with E-state index in [1.165, 1.54) is 5.56 Å². The van der Waals surface area contributed by atoms with Crippen LogP contribution in [0.3, 0.4) is 0 Å². The van der Waals surface area contributed by atoms with Gasteiger partial charge in [0.1, 0.15) is 5.76 Å². The summed E-state index contributed by atoms with van der Waals surface area (Å²) in [5.74, 6) is 1.04. The average molecular weight is 270 g/mol. The highest BCUT2D eigenvalue weighted by Crippen LogP contribution is 2.32. The molecule has 0 amide bonds. The number of hydrogen-bond acceptors (Lipinski definition) is 3. The van der Waals surface area contributed by atoms with E-state index in [1.54, 1.807) is 6.26 Å². The van der Waals surface area contributed by atoms with Gasteiger partial charge in [0.05, 0.1) is 12.3 Å². The van der Waals surface area contributed by atoms with Crippen LogP contribution in [0, 0.1) is 0 Å². The molecule has 1 N–H and O–H groups in total. The maximum Gasteiger partial charge on any atom is 0.120 e. The second-order valence-electron chi connectivity index (χ2n) is 5.62. The number of nitrogens with one attached hydrogen (secondary N) is 1. The van der Waals surface area contributed by atoms with Crippen molar-refractivity contribution < 1.29 is 4.42 Å². The fourth-order valence-electron chi connectivity index (χ4n) is 3.04. The van der Waals surface area contributed by atoms with E-state index in [0.29, 0.717) is 18.1 Å². The summed E-state index contributed by atoms with van der Waals surface area (Å²) < 4.78 is 5.61. The third-order valence-electron chi connectivity index (χ3n) is 4.18. The van der Waals surface area contributed by atoms with Gasteiger partial charge < -0.3 is 9.73 Å². The molecule has 106 valence electrons. The molecule has 3 atom stereocenters. The lowest BCUT2D eigenvalue weighted by Gasteiger charge is -2.42. The molecule has 0 bridgehead atoms. The van der Waals surface area contributed by atoms with Crippen LogP contribution in [-0.4, -0.2) is 24.0 Å². The summed E-state index contributed by atoms with van der Waals surface area (Å²) in [6.45, 7) is 6.48. The van der Waals surface area contributed by atoms with E-state index < -0.39 is 0 Å². The Bertz CT molecular complexity index is 523. The summed E-state index contributed by atoms with van der Waals surface area (Å²) in [4.78, 5) is 2.54. The van der Waals surface area contributed by atoms with Crippen molar-refractivity contribution in [2.45, 2.75) is 32.0 Å². The first kappa shape index (κ1) is 13.4. The van der Waals surface area contributed by atoms with Crippen LogP contribution in [0.4, 0.5) is 0 Å². The fourth-order valence-corrected chi connectivity index (χ4v) is 3.04. The van der Waals surface area contributed by atoms with Crippen molar-refractivity contribution in [3.8, 4) is 0 Å². The molecule has 2 heterocycles. The van der Waals surface area contributed by atoms with Crippen molar-refractivity contribution in [1.82, 2.24) is 10.2 Å². The summed E-state index contributed by atoms with van der Waals surface area (Å²) in [5, 5.41) is 3.59. The van der Waals surface area contributed by atoms with Crippen LogP contribution in [0.15, 0.2) is 53.1 Å². The van der Waals surface area contributed by atoms with Gasteiger partial charge in [-0.25, -0.2) is 0 Å². The predicted octanol–water partition coefficient (Wildman–Crippen LogP) is 3.38. The Morgan fingerprint density at radius 3 is 2.70 bits per heavy atom. The molecule has 1 aromatic heterocycles. The van der Waals surface area contributed by atoms with Gasteiger partial charge in [-0.1, -0.05) is 30.3 Å². The molecule has 1 aliphatic heterocycles. The zero-order chi connectivity index (χ0) is 13.9. The topological polar surface area (TPSA) is 28.4 Å². The monoisotopic (exact) mass is 270 g/mol. The summed E-state index contributed by atoms with van der Waals surface area (Å²) in [6.07, 6.45) is 1.76. The lowest BCUT2D eigenvalue weighted by molar-refractivity contribution is 0.0820. The molecule has 1 saturated heterocycles. The normalized spacial score (nSPS) is 25.5. The molecule has 3 nitrogen and oxygen atoms in total. The van der Waals surface area contributed by atoms with Crippen LogP contribution in [0.1, 0.15) is 37.3 Å². The van der Waals surface area contributed by atoms with E-state index in [4.69, 9.17) is 4.42 Å². The van der Waals surface area contributed by atoms with Crippen LogP contribution in [0.25, 0.3) is 0 Å². The molecule has 1 fully saturated rings. The maximum absolute atomic E-state index is 5.61. The van der Waals surface area contributed by atoms with E-state index in [9.17, 15) is 0 Å². The first-order valence-electron chi connectivity index (χ1n) is 7.33. The summed E-state index contributed by atoms with van der Waals surface area (Å²) >= 11 is 0. The van der Waals surface area contributed by atoms with E-state index in [-0.39, 0.29) is 0 Å². The number of benzene rings is 1. The van der Waals surface area contributed by atoms with E-state index in [2.05, 4.69) is 60.5 Å². The van der Waals surface area contributed by atoms with Crippen molar-refractivity contribution >= 4 is 0 Å². The molecule has 3 heteroatoms. The maximum atomic E-state index is 5.61. The molecular weight excluding hydrogens is 248 g/mol. The van der Waals surface area contributed by atoms with Crippen LogP contribution < -0.4 is 5.32 Å². The minimum Gasteiger partial charge on any atom is -0.468 e. The standard InChI is InChI=1S/C17H22N2O/c1-13-12-19(14(2)17-9-6-10-20-17)16(11-18-13)15-7-4-3-5-8-15/h3-10,13-14,16,18H,11-12H2,1-2H3. The van der Waals surface area contributed by atoms with Crippen molar-refractivity contribution in [1.29, 1.82) is 0 Å². The van der Waals surface area contributed by atoms with Crippen molar-refractivity contribution in [2.75, 3.05) is 13.1 Å². The number of furan rings is 1. The average Bonchev–Trinajstić information content (AvgIpc) is 3.01. The van der Waals surface area contributed by atoms with E-state index >= 15 is 0 Å². The second-order valence-corrected chi connectivity index (χ2v) is 5.62. The number of piperazine rings is 1. The van der Waals surface area contributed by atoms with Crippen molar-refractivity contribution in [3.05, 3.63) is 60.1 Å². The second kappa shape index (κ2) is 5.81. The van der Waals surface area contributed by atoms with Crippen LogP contribution >= 0.6 is 0 Å². The Hall–Kier alpha value is -1.58. The Kier molecular flexibility index (Phi) is 3.90. The first-order valence-corrected chi connectivity index (χ1v) is 7.33. The highest BCUT2D eigenvalue weighted by atomic mass is 16.3. The third kappa shape index (κ3) is 2.65. The molecule has 3 rings (SSSR count). The quantitative estimate of drug-likeness (QED) is 0.927. The summed E-state index contributed by atoms with van der Waals surface area (Å²) in [5.41, 5.74) is 1.37. The van der Waals surface area contributed by atoms with Crippen molar-refractivity contribution in [2.24, 2.45) is 0 Å². The van der Waals surface area contributed by atoms with Gasteiger partial charge in [-0.05, 0) is 31.5 Å². The Balaban J connectivity index is 1.87. The minimum absolute atomic E-state index is 0.291. The fraction of sp³-hybridized carbons (Fsp3) is 0.412. The van der Waals surface area contributed by atoms with Gasteiger partial charge in [0.25, 0.3) is 0 Å². The molecule has 0 aliphatic carbocycles. The predicted molar refractivity (Wildman–Crippen MR) is 80.5 cm³/mol. The molecule has 1 aliphatic rings. The smallest absolute Gasteiger partial charge is 0.120 e. The first-order chi connectivity index (χ1) is 9.75. The minimum atomic E-state index is 0.291. The van der Waals surface area contributed by atoms with Crippen molar-refractivity contribution in [3.63, 3.8) is 0 Å². The highest BCUT2D eigenvalue weighted by Gasteiger charge is 2.31. The van der Waals surface area contributed by atoms with Gasteiger partial charge in [-0.2, -0.15) is 0 Å². The lowest BCUT2D eigenvalue weighted by Crippen LogP contribution is -2.51. The molecular formula is C17H22N2O. The molecule has 2 aromatic rings. The van der Waals surface area contributed by atoms with Gasteiger partial charge in [-0.3, -0.25) is 4.90 Å². The zero-order valence-electron chi connectivity index (χ0n) is 12.1. The van der Waals surface area contributed by atoms with E-state index in [1.807, 2.05) is 6.07 Å². The summed E-state index contributed by atoms with van der Waals surface area (Å²) in [7, 11) is 0.